The Balaban J connectivity index is 2.08. The van der Waals surface area contributed by atoms with Crippen molar-refractivity contribution in [1.82, 2.24) is 5.32 Å². The Morgan fingerprint density at radius 1 is 1.19 bits per heavy atom. The summed E-state index contributed by atoms with van der Waals surface area (Å²) in [4.78, 5) is 12.2. The van der Waals surface area contributed by atoms with Crippen LogP contribution in [0.2, 0.25) is 0 Å². The number of anilines is 1. The maximum atomic E-state index is 12.2. The first kappa shape index (κ1) is 20.5. The van der Waals surface area contributed by atoms with Crippen LogP contribution in [0.15, 0.2) is 48.5 Å². The molecule has 0 radical (unpaired) electrons. The number of carbonyl (C=O) groups is 1. The van der Waals surface area contributed by atoms with Crippen LogP contribution in [0, 0.1) is 6.92 Å². The standard InChI is InChI=1S/C20H24N2O4S/c1-14-8-10-19(26-3)17(12-14)9-11-20(23)21-15(2)16-6-5-7-18(13-16)22-27(4,24)25/h5-13,15,22H,1-4H3,(H,21,23)/b11-9+. The molecule has 2 aromatic carbocycles. The van der Waals surface area contributed by atoms with Gasteiger partial charge in [0, 0.05) is 17.3 Å². The molecule has 1 atom stereocenters. The molecule has 0 aliphatic carbocycles. The van der Waals surface area contributed by atoms with Crippen molar-refractivity contribution in [2.45, 2.75) is 19.9 Å². The SMILES string of the molecule is COc1ccc(C)cc1/C=C/C(=O)NC(C)c1cccc(NS(C)(=O)=O)c1. The monoisotopic (exact) mass is 388 g/mol. The number of hydrogen-bond acceptors (Lipinski definition) is 4. The lowest BCUT2D eigenvalue weighted by Crippen LogP contribution is -2.24. The molecule has 2 rings (SSSR count). The Morgan fingerprint density at radius 2 is 1.93 bits per heavy atom. The van der Waals surface area contributed by atoms with E-state index < -0.39 is 10.0 Å². The maximum Gasteiger partial charge on any atom is 0.244 e. The van der Waals surface area contributed by atoms with Crippen LogP contribution >= 0.6 is 0 Å². The molecule has 2 aromatic rings. The second-order valence-electron chi connectivity index (χ2n) is 6.31. The molecular formula is C20H24N2O4S. The van der Waals surface area contributed by atoms with E-state index in [0.29, 0.717) is 11.4 Å². The van der Waals surface area contributed by atoms with Crippen LogP contribution in [0.1, 0.15) is 29.7 Å². The highest BCUT2D eigenvalue weighted by Gasteiger charge is 2.10. The van der Waals surface area contributed by atoms with Crippen molar-refractivity contribution in [3.8, 4) is 5.75 Å². The Hall–Kier alpha value is -2.80. The van der Waals surface area contributed by atoms with Gasteiger partial charge in [0.2, 0.25) is 15.9 Å². The van der Waals surface area contributed by atoms with Gasteiger partial charge in [-0.1, -0.05) is 23.8 Å². The van der Waals surface area contributed by atoms with Crippen LogP contribution in [-0.2, 0) is 14.8 Å². The molecular weight excluding hydrogens is 364 g/mol. The van der Waals surface area contributed by atoms with Gasteiger partial charge in [-0.15, -0.1) is 0 Å². The molecule has 0 heterocycles. The van der Waals surface area contributed by atoms with Gasteiger partial charge in [-0.2, -0.15) is 0 Å². The van der Waals surface area contributed by atoms with Gasteiger partial charge in [0.15, 0.2) is 0 Å². The quantitative estimate of drug-likeness (QED) is 0.713. The van der Waals surface area contributed by atoms with Crippen molar-refractivity contribution in [3.63, 3.8) is 0 Å². The Labute approximate surface area is 160 Å². The van der Waals surface area contributed by atoms with E-state index >= 15 is 0 Å². The first-order valence-electron chi connectivity index (χ1n) is 8.39. The Kier molecular flexibility index (Phi) is 6.63. The maximum absolute atomic E-state index is 12.2. The number of rotatable bonds is 7. The third-order valence-corrected chi connectivity index (χ3v) is 4.45. The zero-order valence-electron chi connectivity index (χ0n) is 15.8. The number of carbonyl (C=O) groups excluding carboxylic acids is 1. The van der Waals surface area contributed by atoms with Crippen molar-refractivity contribution in [2.24, 2.45) is 0 Å². The van der Waals surface area contributed by atoms with Gasteiger partial charge in [0.1, 0.15) is 5.75 Å². The number of amides is 1. The number of aryl methyl sites for hydroxylation is 1. The van der Waals surface area contributed by atoms with Crippen LogP contribution in [0.4, 0.5) is 5.69 Å². The summed E-state index contributed by atoms with van der Waals surface area (Å²) in [6.07, 6.45) is 4.25. The largest absolute Gasteiger partial charge is 0.496 e. The van der Waals surface area contributed by atoms with Crippen LogP contribution in [0.25, 0.3) is 6.08 Å². The zero-order valence-corrected chi connectivity index (χ0v) is 16.6. The fourth-order valence-electron chi connectivity index (χ4n) is 2.58. The number of benzene rings is 2. The van der Waals surface area contributed by atoms with Gasteiger partial charge in [0.25, 0.3) is 0 Å². The molecule has 27 heavy (non-hydrogen) atoms. The molecule has 0 saturated carbocycles. The summed E-state index contributed by atoms with van der Waals surface area (Å²) < 4.78 is 30.4. The van der Waals surface area contributed by atoms with Crippen molar-refractivity contribution >= 4 is 27.7 Å². The van der Waals surface area contributed by atoms with Gasteiger partial charge < -0.3 is 10.1 Å². The molecule has 0 spiro atoms. The highest BCUT2D eigenvalue weighted by Crippen LogP contribution is 2.21. The predicted octanol–water partition coefficient (Wildman–Crippen LogP) is 3.27. The van der Waals surface area contributed by atoms with E-state index in [9.17, 15) is 13.2 Å². The highest BCUT2D eigenvalue weighted by molar-refractivity contribution is 7.92. The lowest BCUT2D eigenvalue weighted by molar-refractivity contribution is -0.117. The molecule has 2 N–H and O–H groups in total. The fourth-order valence-corrected chi connectivity index (χ4v) is 3.14. The van der Waals surface area contributed by atoms with E-state index in [1.807, 2.05) is 38.1 Å². The molecule has 0 fully saturated rings. The minimum atomic E-state index is -3.35. The first-order chi connectivity index (χ1) is 12.7. The van der Waals surface area contributed by atoms with E-state index in [-0.39, 0.29) is 11.9 Å². The summed E-state index contributed by atoms with van der Waals surface area (Å²) in [5.41, 5.74) is 3.13. The van der Waals surface area contributed by atoms with E-state index in [4.69, 9.17) is 4.74 Å². The summed E-state index contributed by atoms with van der Waals surface area (Å²) in [6.45, 7) is 3.80. The Bertz CT molecular complexity index is 952. The molecule has 1 unspecified atom stereocenters. The minimum Gasteiger partial charge on any atom is -0.496 e. The van der Waals surface area contributed by atoms with E-state index in [0.717, 1.165) is 22.9 Å². The van der Waals surface area contributed by atoms with Crippen molar-refractivity contribution in [1.29, 1.82) is 0 Å². The molecule has 0 aromatic heterocycles. The average molecular weight is 388 g/mol. The zero-order chi connectivity index (χ0) is 20.0. The topological polar surface area (TPSA) is 84.5 Å². The third-order valence-electron chi connectivity index (χ3n) is 3.85. The summed E-state index contributed by atoms with van der Waals surface area (Å²) in [7, 11) is -1.77. The van der Waals surface area contributed by atoms with Gasteiger partial charge >= 0.3 is 0 Å². The number of nitrogens with one attached hydrogen (secondary N) is 2. The molecule has 0 aliphatic heterocycles. The summed E-state index contributed by atoms with van der Waals surface area (Å²) in [6, 6.07) is 12.4. The van der Waals surface area contributed by atoms with Crippen molar-refractivity contribution in [2.75, 3.05) is 18.1 Å². The predicted molar refractivity (Wildman–Crippen MR) is 108 cm³/mol. The van der Waals surface area contributed by atoms with Crippen LogP contribution in [0.5, 0.6) is 5.75 Å². The molecule has 1 amide bonds. The van der Waals surface area contributed by atoms with Crippen molar-refractivity contribution in [3.05, 3.63) is 65.2 Å². The van der Waals surface area contributed by atoms with Gasteiger partial charge in [-0.05, 0) is 49.8 Å². The molecule has 0 saturated heterocycles. The summed E-state index contributed by atoms with van der Waals surface area (Å²) in [5, 5.41) is 2.86. The second kappa shape index (κ2) is 8.73. The molecule has 144 valence electrons. The van der Waals surface area contributed by atoms with Gasteiger partial charge in [-0.3, -0.25) is 9.52 Å². The summed E-state index contributed by atoms with van der Waals surface area (Å²) in [5.74, 6) is 0.435. The smallest absolute Gasteiger partial charge is 0.244 e. The number of methoxy groups -OCH3 is 1. The lowest BCUT2D eigenvalue weighted by Gasteiger charge is -2.14. The molecule has 0 bridgehead atoms. The van der Waals surface area contributed by atoms with Gasteiger partial charge in [0.05, 0.1) is 19.4 Å². The van der Waals surface area contributed by atoms with E-state index in [1.54, 1.807) is 31.4 Å². The number of sulfonamides is 1. The van der Waals surface area contributed by atoms with E-state index in [1.165, 1.54) is 6.08 Å². The minimum absolute atomic E-state index is 0.257. The first-order valence-corrected chi connectivity index (χ1v) is 10.3. The molecule has 0 aliphatic rings. The lowest BCUT2D eigenvalue weighted by atomic mass is 10.1. The van der Waals surface area contributed by atoms with Crippen molar-refractivity contribution < 1.29 is 17.9 Å². The van der Waals surface area contributed by atoms with Crippen LogP contribution < -0.4 is 14.8 Å². The molecule has 7 heteroatoms. The number of hydrogen-bond donors (Lipinski definition) is 2. The summed E-state index contributed by atoms with van der Waals surface area (Å²) >= 11 is 0. The third kappa shape index (κ3) is 6.45. The normalized spacial score (nSPS) is 12.6. The number of ether oxygens (including phenoxy) is 1. The second-order valence-corrected chi connectivity index (χ2v) is 8.06. The Morgan fingerprint density at radius 3 is 2.59 bits per heavy atom. The highest BCUT2D eigenvalue weighted by atomic mass is 32.2. The van der Waals surface area contributed by atoms with E-state index in [2.05, 4.69) is 10.0 Å². The van der Waals surface area contributed by atoms with Crippen LogP contribution in [-0.4, -0.2) is 27.7 Å². The fraction of sp³-hybridized carbons (Fsp3) is 0.250. The average Bonchev–Trinajstić information content (AvgIpc) is 2.59. The van der Waals surface area contributed by atoms with Gasteiger partial charge in [-0.25, -0.2) is 8.42 Å². The molecule has 6 nitrogen and oxygen atoms in total. The van der Waals surface area contributed by atoms with Crippen LogP contribution in [0.3, 0.4) is 0 Å².